The van der Waals surface area contributed by atoms with Crippen LogP contribution in [0.4, 0.5) is 62.4 Å². The average Bonchev–Trinajstić information content (AvgIpc) is 1.38. The van der Waals surface area contributed by atoms with Gasteiger partial charge in [0.25, 0.3) is 0 Å². The van der Waals surface area contributed by atoms with E-state index >= 15 is 0 Å². The van der Waals surface area contributed by atoms with E-state index in [1.807, 2.05) is 184 Å². The highest BCUT2D eigenvalue weighted by Crippen LogP contribution is 2.32. The van der Waals surface area contributed by atoms with E-state index in [0.29, 0.717) is 58.4 Å². The van der Waals surface area contributed by atoms with Crippen LogP contribution >= 0.6 is 11.3 Å². The van der Waals surface area contributed by atoms with Crippen molar-refractivity contribution in [1.82, 2.24) is 24.9 Å². The van der Waals surface area contributed by atoms with Crippen molar-refractivity contribution in [3.05, 3.63) is 398 Å². The van der Waals surface area contributed by atoms with Crippen molar-refractivity contribution >= 4 is 79.7 Å². The second-order valence-electron chi connectivity index (χ2n) is 32.6. The lowest BCUT2D eigenvalue weighted by atomic mass is 10.1. The summed E-state index contributed by atoms with van der Waals surface area (Å²) in [6.07, 6.45) is 25.1. The standard InChI is InChI=1S/C25H29N3O3.C24H28N2O2.2C23H26N2O.C21H24N2OS/c1-27(2)21-11-13-22(14-12-21)28(24-7-3-4-17-26-24)18-19-31-23-15-9-20(10-16-23)6-5-8-25(29)30;1-3-4-9-20-14-16-22(17-15-20)28-19-18-26(21-10-6-5-7-11-21)23-12-8-13-24(25-23)27-2;1-2-3-9-20-13-15-22(16-14-20)26-19-18-25(21-10-5-4-6-11-21)23-12-7-8-17-24-23;1-2-3-8-20-12-14-23(15-13-20)26-18-17-25(21-9-5-4-6-10-21)22-11-7-16-24-19-22;1-2-3-7-18-10-12-20(13-11-18)24-16-15-23(21-22-14-17-25-21)19-8-5-4-6-9-19/h3-4,7,9-17H,5-6,8,18-19H2,1-2H3,(H,29,30);5-8,10-17H,3-4,9,18-19H2,1-2H3;4-8,10-17H,2-3,9,18-19H2,1H3;4-7,9-16,19H,2-3,8,17-18H2,1H3;4-6,8-14,17H,2-3,7,15-16H2,1H3. The molecule has 0 amide bonds. The largest absolute Gasteiger partial charge is 0.492 e. The number of aromatic nitrogens is 5. The molecule has 0 atom stereocenters. The van der Waals surface area contributed by atoms with E-state index in [2.05, 4.69) is 270 Å². The minimum Gasteiger partial charge on any atom is -0.492 e. The van der Waals surface area contributed by atoms with Gasteiger partial charge in [0.1, 0.15) is 79.2 Å². The number of hydrogen-bond donors (Lipinski definition) is 1. The molecule has 5 aromatic heterocycles. The molecule has 0 aliphatic rings. The Labute approximate surface area is 810 Å². The molecule has 0 saturated heterocycles. The lowest BCUT2D eigenvalue weighted by Gasteiger charge is -2.24. The van der Waals surface area contributed by atoms with Crippen LogP contribution in [0.1, 0.15) is 120 Å². The number of aryl methyl sites for hydroxylation is 5. The molecule has 5 heterocycles. The molecule has 15 aromatic rings. The molecule has 0 saturated carbocycles. The Kier molecular flexibility index (Phi) is 44.4. The lowest BCUT2D eigenvalue weighted by Crippen LogP contribution is -2.24. The maximum atomic E-state index is 10.6. The van der Waals surface area contributed by atoms with E-state index in [-0.39, 0.29) is 6.42 Å². The summed E-state index contributed by atoms with van der Waals surface area (Å²) in [6, 6.07) is 113. The predicted molar refractivity (Wildman–Crippen MR) is 562 cm³/mol. The van der Waals surface area contributed by atoms with Gasteiger partial charge < -0.3 is 62.9 Å². The lowest BCUT2D eigenvalue weighted by molar-refractivity contribution is -0.137. The number of carbonyl (C=O) groups is 1. The molecule has 15 rings (SSSR count). The van der Waals surface area contributed by atoms with Crippen molar-refractivity contribution in [2.24, 2.45) is 0 Å². The van der Waals surface area contributed by atoms with Gasteiger partial charge in [-0.3, -0.25) is 9.78 Å². The monoisotopic (exact) mass is 1840 g/mol. The van der Waals surface area contributed by atoms with Gasteiger partial charge in [-0.15, -0.1) is 11.3 Å². The van der Waals surface area contributed by atoms with E-state index < -0.39 is 5.97 Å². The number of pyridine rings is 4. The molecular formula is C116H133N11O8S. The number of benzene rings is 10. The Morgan fingerprint density at radius 2 is 0.632 bits per heavy atom. The molecule has 0 aliphatic heterocycles. The van der Waals surface area contributed by atoms with Crippen LogP contribution in [0.25, 0.3) is 0 Å². The van der Waals surface area contributed by atoms with E-state index in [1.165, 1.54) is 73.6 Å². The van der Waals surface area contributed by atoms with E-state index in [0.717, 1.165) is 148 Å². The highest BCUT2D eigenvalue weighted by atomic mass is 32.1. The summed E-state index contributed by atoms with van der Waals surface area (Å²) in [5, 5.41) is 11.7. The number of ether oxygens (including phenoxy) is 6. The number of carboxylic acid groups (broad SMARTS) is 1. The molecule has 20 heteroatoms. The molecule has 136 heavy (non-hydrogen) atoms. The second-order valence-corrected chi connectivity index (χ2v) is 33.4. The molecule has 0 spiro atoms. The summed E-state index contributed by atoms with van der Waals surface area (Å²) in [4.78, 5) is 45.9. The van der Waals surface area contributed by atoms with Gasteiger partial charge in [-0.25, -0.2) is 15.0 Å². The fraction of sp³-hybridized carbons (Fsp3) is 0.276. The maximum Gasteiger partial charge on any atom is 0.303 e. The molecule has 0 aliphatic carbocycles. The van der Waals surface area contributed by atoms with Crippen molar-refractivity contribution in [1.29, 1.82) is 0 Å². The van der Waals surface area contributed by atoms with Crippen molar-refractivity contribution in [3.63, 3.8) is 0 Å². The van der Waals surface area contributed by atoms with Crippen LogP contribution < -0.4 is 57.8 Å². The fourth-order valence-corrected chi connectivity index (χ4v) is 15.5. The van der Waals surface area contributed by atoms with Gasteiger partial charge in [0, 0.05) is 90.9 Å². The number of methoxy groups -OCH3 is 1. The quantitative estimate of drug-likeness (QED) is 0.0381. The number of nitrogens with zero attached hydrogens (tertiary/aromatic N) is 11. The third-order valence-corrected chi connectivity index (χ3v) is 23.1. The normalized spacial score (nSPS) is 10.5. The number of hydrogen-bond acceptors (Lipinski definition) is 19. The molecule has 19 nitrogen and oxygen atoms in total. The zero-order valence-corrected chi connectivity index (χ0v) is 80.8. The van der Waals surface area contributed by atoms with Crippen molar-refractivity contribution in [2.45, 2.75) is 124 Å². The van der Waals surface area contributed by atoms with Gasteiger partial charge in [-0.1, -0.05) is 205 Å². The highest BCUT2D eigenvalue weighted by molar-refractivity contribution is 7.13. The van der Waals surface area contributed by atoms with Gasteiger partial charge in [-0.05, 0) is 268 Å². The van der Waals surface area contributed by atoms with Gasteiger partial charge in [0.05, 0.1) is 51.7 Å². The molecule has 0 bridgehead atoms. The number of aliphatic carboxylic acids is 1. The number of carboxylic acids is 1. The molecular weight excluding hydrogens is 1710 g/mol. The molecule has 706 valence electrons. The molecule has 0 radical (unpaired) electrons. The Bertz CT molecular complexity index is 5450. The van der Waals surface area contributed by atoms with Crippen molar-refractivity contribution in [3.8, 4) is 34.6 Å². The summed E-state index contributed by atoms with van der Waals surface area (Å²) in [7, 11) is 5.68. The van der Waals surface area contributed by atoms with Gasteiger partial charge in [0.15, 0.2) is 5.13 Å². The first-order valence-corrected chi connectivity index (χ1v) is 48.6. The van der Waals surface area contributed by atoms with Crippen LogP contribution in [0, 0.1) is 0 Å². The summed E-state index contributed by atoms with van der Waals surface area (Å²) < 4.78 is 35.1. The van der Waals surface area contributed by atoms with Crippen LogP contribution in [0.3, 0.4) is 0 Å². The number of para-hydroxylation sites is 4. The average molecular weight is 1840 g/mol. The minimum absolute atomic E-state index is 0.192. The Morgan fingerprint density at radius 3 is 0.963 bits per heavy atom. The van der Waals surface area contributed by atoms with E-state index in [1.54, 1.807) is 30.8 Å². The highest BCUT2D eigenvalue weighted by Gasteiger charge is 2.18. The van der Waals surface area contributed by atoms with E-state index in [9.17, 15) is 4.79 Å². The Hall–Kier alpha value is -14.5. The molecule has 10 aromatic carbocycles. The first-order valence-electron chi connectivity index (χ1n) is 47.7. The van der Waals surface area contributed by atoms with Crippen LogP contribution in [-0.4, -0.2) is 123 Å². The Balaban J connectivity index is 0.000000164. The Morgan fingerprint density at radius 1 is 0.309 bits per heavy atom. The smallest absolute Gasteiger partial charge is 0.303 e. The molecule has 0 unspecified atom stereocenters. The van der Waals surface area contributed by atoms with Gasteiger partial charge >= 0.3 is 5.97 Å². The summed E-state index contributed by atoms with van der Waals surface area (Å²) in [6.45, 7) is 15.3. The number of unbranched alkanes of at least 4 members (excludes halogenated alkanes) is 4. The van der Waals surface area contributed by atoms with Crippen LogP contribution in [0.2, 0.25) is 0 Å². The minimum atomic E-state index is -0.756. The van der Waals surface area contributed by atoms with Crippen LogP contribution in [-0.2, 0) is 36.9 Å². The van der Waals surface area contributed by atoms with Crippen molar-refractivity contribution < 1.29 is 38.3 Å². The number of rotatable bonds is 48. The first kappa shape index (κ1) is 102. The zero-order valence-electron chi connectivity index (χ0n) is 80.0. The molecule has 0 fully saturated rings. The fourth-order valence-electron chi connectivity index (χ4n) is 14.8. The molecule has 1 N–H and O–H groups in total. The third kappa shape index (κ3) is 35.8. The number of anilines is 11. The van der Waals surface area contributed by atoms with E-state index in [4.69, 9.17) is 33.5 Å². The number of thiazole rings is 1. The SMILES string of the molecule is CCCCc1ccc(OCCN(c2ccccc2)c2cccc(OC)n2)cc1.CCCCc1ccc(OCCN(c2ccccc2)c2ccccn2)cc1.CCCCc1ccc(OCCN(c2ccccc2)c2cccnc2)cc1.CCCCc1ccc(OCCN(c2ccccc2)c2nccs2)cc1.CN(C)c1ccc(N(CCOc2ccc(CCCC(=O)O)cc2)c2ccccn2)cc1. The van der Waals surface area contributed by atoms with Crippen LogP contribution in [0.15, 0.2) is 370 Å². The first-order chi connectivity index (χ1) is 66.9. The van der Waals surface area contributed by atoms with Crippen molar-refractivity contribution in [2.75, 3.05) is 116 Å². The predicted octanol–water partition coefficient (Wildman–Crippen LogP) is 27.4. The topological polar surface area (TPSA) is 177 Å². The maximum absolute atomic E-state index is 10.6. The summed E-state index contributed by atoms with van der Waals surface area (Å²) in [5.41, 5.74) is 14.3. The van der Waals surface area contributed by atoms with Crippen LogP contribution in [0.5, 0.6) is 34.6 Å². The van der Waals surface area contributed by atoms with Gasteiger partial charge in [0.2, 0.25) is 5.88 Å². The second kappa shape index (κ2) is 59.2. The summed E-state index contributed by atoms with van der Waals surface area (Å²) >= 11 is 1.64. The third-order valence-electron chi connectivity index (χ3n) is 22.3. The van der Waals surface area contributed by atoms with Gasteiger partial charge in [-0.2, -0.15) is 4.98 Å². The summed E-state index contributed by atoms with van der Waals surface area (Å²) in [5.74, 6) is 6.93. The zero-order chi connectivity index (χ0) is 95.0.